The molecule has 0 bridgehead atoms. The summed E-state index contributed by atoms with van der Waals surface area (Å²) >= 11 is 1.52. The smallest absolute Gasteiger partial charge is 0.244 e. The molecule has 1 unspecified atom stereocenters. The minimum Gasteiger partial charge on any atom is -0.387 e. The molecule has 0 fully saturated rings. The Bertz CT molecular complexity index is 886. The van der Waals surface area contributed by atoms with Gasteiger partial charge in [-0.1, -0.05) is 36.4 Å². The van der Waals surface area contributed by atoms with Crippen molar-refractivity contribution in [1.29, 1.82) is 0 Å². The Labute approximate surface area is 144 Å². The molecule has 1 amide bonds. The van der Waals surface area contributed by atoms with Crippen molar-refractivity contribution in [1.82, 2.24) is 10.3 Å². The first kappa shape index (κ1) is 16.4. The van der Waals surface area contributed by atoms with E-state index in [4.69, 9.17) is 0 Å². The first-order chi connectivity index (χ1) is 11.6. The first-order valence-corrected chi connectivity index (χ1v) is 8.48. The molecule has 5 heteroatoms. The predicted octanol–water partition coefficient (Wildman–Crippen LogP) is 3.47. The van der Waals surface area contributed by atoms with Gasteiger partial charge < -0.3 is 10.4 Å². The second-order valence-corrected chi connectivity index (χ2v) is 6.75. The minimum absolute atomic E-state index is 0.170. The Morgan fingerprint density at radius 2 is 2.08 bits per heavy atom. The number of aliphatic hydroxyl groups is 1. The van der Waals surface area contributed by atoms with Crippen LogP contribution in [0.2, 0.25) is 0 Å². The maximum absolute atomic E-state index is 11.8. The molecule has 4 nitrogen and oxygen atoms in total. The number of rotatable bonds is 5. The van der Waals surface area contributed by atoms with Gasteiger partial charge in [0, 0.05) is 23.7 Å². The third-order valence-corrected chi connectivity index (χ3v) is 4.54. The van der Waals surface area contributed by atoms with Gasteiger partial charge >= 0.3 is 0 Å². The number of nitrogens with zero attached hydrogens (tertiary/aromatic N) is 1. The fourth-order valence-electron chi connectivity index (χ4n) is 2.40. The molecule has 122 valence electrons. The summed E-state index contributed by atoms with van der Waals surface area (Å²) in [7, 11) is 0. The summed E-state index contributed by atoms with van der Waals surface area (Å²) in [5.74, 6) is -0.235. The standard InChI is InChI=1S/C19H18N2O2S/c1-13-20-11-17(24-13)8-9-19(23)21-12-18(22)16-7-6-14-4-2-3-5-15(14)10-16/h2-11,18,22H,12H2,1H3,(H,21,23)/b9-8+. The Morgan fingerprint density at radius 3 is 2.83 bits per heavy atom. The van der Waals surface area contributed by atoms with Crippen LogP contribution >= 0.6 is 11.3 Å². The van der Waals surface area contributed by atoms with Gasteiger partial charge in [-0.05, 0) is 35.4 Å². The summed E-state index contributed by atoms with van der Waals surface area (Å²) in [6.45, 7) is 2.09. The number of hydrogen-bond acceptors (Lipinski definition) is 4. The molecular formula is C19H18N2O2S. The third kappa shape index (κ3) is 4.07. The van der Waals surface area contributed by atoms with E-state index in [2.05, 4.69) is 10.3 Å². The van der Waals surface area contributed by atoms with E-state index in [1.807, 2.05) is 49.4 Å². The van der Waals surface area contributed by atoms with Crippen molar-refractivity contribution < 1.29 is 9.90 Å². The zero-order chi connectivity index (χ0) is 16.9. The Morgan fingerprint density at radius 1 is 1.29 bits per heavy atom. The maximum Gasteiger partial charge on any atom is 0.244 e. The molecule has 0 aliphatic heterocycles. The van der Waals surface area contributed by atoms with Crippen LogP contribution in [-0.2, 0) is 4.79 Å². The highest BCUT2D eigenvalue weighted by molar-refractivity contribution is 7.12. The van der Waals surface area contributed by atoms with E-state index in [0.717, 1.165) is 26.2 Å². The molecule has 0 saturated carbocycles. The quantitative estimate of drug-likeness (QED) is 0.700. The number of aryl methyl sites for hydroxylation is 1. The van der Waals surface area contributed by atoms with E-state index in [9.17, 15) is 9.90 Å². The van der Waals surface area contributed by atoms with Crippen LogP contribution in [0.1, 0.15) is 21.6 Å². The molecule has 2 aromatic carbocycles. The van der Waals surface area contributed by atoms with Crippen LogP contribution in [0.3, 0.4) is 0 Å². The maximum atomic E-state index is 11.8. The van der Waals surface area contributed by atoms with Crippen molar-refractivity contribution in [2.45, 2.75) is 13.0 Å². The Kier molecular flexibility index (Phi) is 5.03. The highest BCUT2D eigenvalue weighted by Crippen LogP contribution is 2.20. The second-order valence-electron chi connectivity index (χ2n) is 5.48. The normalized spacial score (nSPS) is 12.6. The van der Waals surface area contributed by atoms with Crippen LogP contribution in [0.25, 0.3) is 16.8 Å². The molecular weight excluding hydrogens is 320 g/mol. The SMILES string of the molecule is Cc1ncc(/C=C/C(=O)NCC(O)c2ccc3ccccc3c2)s1. The van der Waals surface area contributed by atoms with E-state index < -0.39 is 6.10 Å². The van der Waals surface area contributed by atoms with Crippen molar-refractivity contribution in [2.24, 2.45) is 0 Å². The zero-order valence-electron chi connectivity index (χ0n) is 13.3. The highest BCUT2D eigenvalue weighted by atomic mass is 32.1. The lowest BCUT2D eigenvalue weighted by atomic mass is 10.0. The average molecular weight is 338 g/mol. The van der Waals surface area contributed by atoms with E-state index in [0.29, 0.717) is 0 Å². The molecule has 1 aromatic heterocycles. The fourth-order valence-corrected chi connectivity index (χ4v) is 3.09. The largest absolute Gasteiger partial charge is 0.387 e. The van der Waals surface area contributed by atoms with Gasteiger partial charge in [0.05, 0.1) is 11.1 Å². The van der Waals surface area contributed by atoms with Crippen molar-refractivity contribution in [3.05, 3.63) is 70.2 Å². The van der Waals surface area contributed by atoms with Gasteiger partial charge in [0.25, 0.3) is 0 Å². The number of thiazole rings is 1. The molecule has 0 radical (unpaired) electrons. The summed E-state index contributed by atoms with van der Waals surface area (Å²) < 4.78 is 0. The fraction of sp³-hybridized carbons (Fsp3) is 0.158. The summed E-state index contributed by atoms with van der Waals surface area (Å²) in [5.41, 5.74) is 0.788. The van der Waals surface area contributed by atoms with Gasteiger partial charge in [0.1, 0.15) is 0 Å². The lowest BCUT2D eigenvalue weighted by Gasteiger charge is -2.12. The number of aliphatic hydroxyl groups excluding tert-OH is 1. The second kappa shape index (κ2) is 7.38. The van der Waals surface area contributed by atoms with Crippen molar-refractivity contribution in [2.75, 3.05) is 6.54 Å². The molecule has 1 heterocycles. The number of carbonyl (C=O) groups is 1. The van der Waals surface area contributed by atoms with E-state index >= 15 is 0 Å². The van der Waals surface area contributed by atoms with Gasteiger partial charge in [-0.3, -0.25) is 4.79 Å². The highest BCUT2D eigenvalue weighted by Gasteiger charge is 2.09. The molecule has 2 N–H and O–H groups in total. The molecule has 3 aromatic rings. The van der Waals surface area contributed by atoms with Crippen LogP contribution in [0, 0.1) is 6.92 Å². The number of fused-ring (bicyclic) bond motifs is 1. The number of hydrogen-bond donors (Lipinski definition) is 2. The number of aromatic nitrogens is 1. The number of amides is 1. The minimum atomic E-state index is -0.738. The lowest BCUT2D eigenvalue weighted by molar-refractivity contribution is -0.116. The molecule has 24 heavy (non-hydrogen) atoms. The average Bonchev–Trinajstić information content (AvgIpc) is 3.02. The van der Waals surface area contributed by atoms with Gasteiger partial charge in [-0.2, -0.15) is 0 Å². The summed E-state index contributed by atoms with van der Waals surface area (Å²) in [5, 5.41) is 16.1. The van der Waals surface area contributed by atoms with Crippen LogP contribution in [-0.4, -0.2) is 22.5 Å². The van der Waals surface area contributed by atoms with Gasteiger partial charge in [0.15, 0.2) is 0 Å². The zero-order valence-corrected chi connectivity index (χ0v) is 14.1. The number of carbonyl (C=O) groups excluding carboxylic acids is 1. The van der Waals surface area contributed by atoms with Crippen molar-refractivity contribution >= 4 is 34.1 Å². The molecule has 3 rings (SSSR count). The lowest BCUT2D eigenvalue weighted by Crippen LogP contribution is -2.26. The molecule has 1 atom stereocenters. The van der Waals surface area contributed by atoms with Crippen LogP contribution in [0.5, 0.6) is 0 Å². The Balaban J connectivity index is 1.58. The predicted molar refractivity (Wildman–Crippen MR) is 97.8 cm³/mol. The monoisotopic (exact) mass is 338 g/mol. The van der Waals surface area contributed by atoms with Gasteiger partial charge in [0.2, 0.25) is 5.91 Å². The van der Waals surface area contributed by atoms with Gasteiger partial charge in [-0.15, -0.1) is 11.3 Å². The van der Waals surface area contributed by atoms with Crippen molar-refractivity contribution in [3.63, 3.8) is 0 Å². The number of nitrogens with one attached hydrogen (secondary N) is 1. The molecule has 0 aliphatic carbocycles. The van der Waals surface area contributed by atoms with Crippen molar-refractivity contribution in [3.8, 4) is 0 Å². The number of benzene rings is 2. The molecule has 0 spiro atoms. The van der Waals surface area contributed by atoms with Crippen LogP contribution in [0.15, 0.2) is 54.7 Å². The van der Waals surface area contributed by atoms with Crippen LogP contribution < -0.4 is 5.32 Å². The summed E-state index contributed by atoms with van der Waals surface area (Å²) in [6, 6.07) is 13.8. The summed E-state index contributed by atoms with van der Waals surface area (Å²) in [4.78, 5) is 16.9. The van der Waals surface area contributed by atoms with E-state index in [1.165, 1.54) is 17.4 Å². The topological polar surface area (TPSA) is 62.2 Å². The third-order valence-electron chi connectivity index (χ3n) is 3.67. The molecule has 0 aliphatic rings. The first-order valence-electron chi connectivity index (χ1n) is 7.67. The Hall–Kier alpha value is -2.50. The van der Waals surface area contributed by atoms with Crippen LogP contribution in [0.4, 0.5) is 0 Å². The van der Waals surface area contributed by atoms with E-state index in [1.54, 1.807) is 12.3 Å². The summed E-state index contributed by atoms with van der Waals surface area (Å²) in [6.07, 6.45) is 4.17. The van der Waals surface area contributed by atoms with Gasteiger partial charge in [-0.25, -0.2) is 4.98 Å². The van der Waals surface area contributed by atoms with E-state index in [-0.39, 0.29) is 12.5 Å². The molecule has 0 saturated heterocycles.